The molecular formula is C9H14N4O. The number of aliphatic hydroxyl groups excluding tert-OH is 1. The van der Waals surface area contributed by atoms with Crippen molar-refractivity contribution in [1.29, 1.82) is 0 Å². The first-order valence-corrected chi connectivity index (χ1v) is 4.25. The molecule has 14 heavy (non-hydrogen) atoms. The lowest BCUT2D eigenvalue weighted by Gasteiger charge is -2.12. The van der Waals surface area contributed by atoms with Gasteiger partial charge >= 0.3 is 0 Å². The van der Waals surface area contributed by atoms with Crippen LogP contribution in [0.2, 0.25) is 0 Å². The molecule has 1 aromatic carbocycles. The monoisotopic (exact) mass is 194 g/mol. The van der Waals surface area contributed by atoms with Crippen molar-refractivity contribution < 1.29 is 5.11 Å². The maximum Gasteiger partial charge on any atom is 0.129 e. The summed E-state index contributed by atoms with van der Waals surface area (Å²) in [5.74, 6) is 10.6. The van der Waals surface area contributed by atoms with E-state index in [9.17, 15) is 0 Å². The van der Waals surface area contributed by atoms with Crippen molar-refractivity contribution in [3.63, 3.8) is 0 Å². The highest BCUT2D eigenvalue weighted by atomic mass is 16.2. The number of hydrogen-bond acceptors (Lipinski definition) is 4. The van der Waals surface area contributed by atoms with Gasteiger partial charge in [-0.3, -0.25) is 5.01 Å². The van der Waals surface area contributed by atoms with Crippen LogP contribution in [0.25, 0.3) is 0 Å². The van der Waals surface area contributed by atoms with E-state index in [2.05, 4.69) is 5.10 Å². The average molecular weight is 194 g/mol. The molecule has 5 N–H and O–H groups in total. The van der Waals surface area contributed by atoms with Gasteiger partial charge in [0.2, 0.25) is 0 Å². The first kappa shape index (κ1) is 10.5. The molecule has 0 atom stereocenters. The lowest BCUT2D eigenvalue weighted by molar-refractivity contribution is 0.299. The molecule has 0 saturated heterocycles. The molecule has 0 fully saturated rings. The van der Waals surface area contributed by atoms with E-state index >= 15 is 0 Å². The largest absolute Gasteiger partial charge is 0.396 e. The number of hydrogen-bond donors (Lipinski definition) is 3. The fraction of sp³-hybridized carbons (Fsp3) is 0.222. The van der Waals surface area contributed by atoms with Crippen LogP contribution in [0.15, 0.2) is 29.4 Å². The van der Waals surface area contributed by atoms with E-state index in [-0.39, 0.29) is 6.61 Å². The molecule has 0 aromatic heterocycles. The van der Waals surface area contributed by atoms with Crippen molar-refractivity contribution in [3.05, 3.63) is 29.8 Å². The highest BCUT2D eigenvalue weighted by Crippen LogP contribution is 2.12. The van der Waals surface area contributed by atoms with Gasteiger partial charge in [-0.05, 0) is 24.1 Å². The van der Waals surface area contributed by atoms with Crippen LogP contribution in [0.4, 0.5) is 5.69 Å². The Balaban J connectivity index is 2.82. The number of nitrogens with zero attached hydrogens (tertiary/aromatic N) is 2. The fourth-order valence-corrected chi connectivity index (χ4v) is 1.14. The normalized spacial score (nSPS) is 10.7. The summed E-state index contributed by atoms with van der Waals surface area (Å²) in [5.41, 5.74) is 1.80. The quantitative estimate of drug-likeness (QED) is 0.268. The first-order chi connectivity index (χ1) is 6.77. The van der Waals surface area contributed by atoms with E-state index in [1.165, 1.54) is 11.3 Å². The smallest absolute Gasteiger partial charge is 0.129 e. The molecule has 0 spiro atoms. The van der Waals surface area contributed by atoms with E-state index in [0.29, 0.717) is 6.42 Å². The van der Waals surface area contributed by atoms with Gasteiger partial charge in [0, 0.05) is 6.61 Å². The SMILES string of the molecule is N/N=C\N(N)c1cccc(CCO)c1. The number of benzene rings is 1. The van der Waals surface area contributed by atoms with Crippen LogP contribution in [0, 0.1) is 0 Å². The van der Waals surface area contributed by atoms with Crippen LogP contribution in [0.3, 0.4) is 0 Å². The molecule has 0 aliphatic heterocycles. The number of rotatable bonds is 4. The van der Waals surface area contributed by atoms with Crippen molar-refractivity contribution in [2.45, 2.75) is 6.42 Å². The summed E-state index contributed by atoms with van der Waals surface area (Å²) in [4.78, 5) is 0. The third-order valence-corrected chi connectivity index (χ3v) is 1.80. The Kier molecular flexibility index (Phi) is 3.90. The summed E-state index contributed by atoms with van der Waals surface area (Å²) in [5, 5.41) is 13.4. The van der Waals surface area contributed by atoms with Crippen molar-refractivity contribution >= 4 is 12.0 Å². The van der Waals surface area contributed by atoms with E-state index < -0.39 is 0 Å². The fourth-order valence-electron chi connectivity index (χ4n) is 1.14. The second kappa shape index (κ2) is 5.21. The van der Waals surface area contributed by atoms with Crippen molar-refractivity contribution in [3.8, 4) is 0 Å². The van der Waals surface area contributed by atoms with E-state index in [4.69, 9.17) is 16.8 Å². The minimum atomic E-state index is 0.124. The predicted octanol–water partition coefficient (Wildman–Crippen LogP) is -0.197. The predicted molar refractivity (Wildman–Crippen MR) is 56.6 cm³/mol. The Bertz CT molecular complexity index is 313. The van der Waals surface area contributed by atoms with Crippen LogP contribution >= 0.6 is 0 Å². The third kappa shape index (κ3) is 2.72. The molecule has 0 amide bonds. The molecule has 1 aromatic rings. The van der Waals surface area contributed by atoms with Crippen LogP contribution < -0.4 is 16.7 Å². The topological polar surface area (TPSA) is 87.9 Å². The molecule has 0 radical (unpaired) electrons. The molecule has 5 nitrogen and oxygen atoms in total. The molecule has 0 heterocycles. The maximum absolute atomic E-state index is 8.76. The average Bonchev–Trinajstić information content (AvgIpc) is 2.19. The third-order valence-electron chi connectivity index (χ3n) is 1.80. The van der Waals surface area contributed by atoms with E-state index in [1.807, 2.05) is 24.3 Å². The number of anilines is 1. The summed E-state index contributed by atoms with van der Waals surface area (Å²) in [7, 11) is 0. The van der Waals surface area contributed by atoms with E-state index in [0.717, 1.165) is 11.3 Å². The summed E-state index contributed by atoms with van der Waals surface area (Å²) < 4.78 is 0. The Labute approximate surface area is 82.6 Å². The molecule has 1 rings (SSSR count). The number of hydrazone groups is 1. The lowest BCUT2D eigenvalue weighted by Crippen LogP contribution is -2.29. The highest BCUT2D eigenvalue weighted by Gasteiger charge is 1.99. The van der Waals surface area contributed by atoms with E-state index in [1.54, 1.807) is 0 Å². The molecule has 0 unspecified atom stereocenters. The van der Waals surface area contributed by atoms with Crippen molar-refractivity contribution in [2.75, 3.05) is 11.6 Å². The number of aliphatic hydroxyl groups is 1. The standard InChI is InChI=1S/C9H14N4O/c10-12-7-13(11)9-3-1-2-8(6-9)4-5-14/h1-3,6-7,14H,4-5,10-11H2/b12-7-. The zero-order chi connectivity index (χ0) is 10.4. The van der Waals surface area contributed by atoms with Gasteiger partial charge in [-0.15, -0.1) is 0 Å². The van der Waals surface area contributed by atoms with Gasteiger partial charge in [-0.1, -0.05) is 12.1 Å². The number of nitrogens with two attached hydrogens (primary N) is 2. The highest BCUT2D eigenvalue weighted by molar-refractivity contribution is 5.77. The van der Waals surface area contributed by atoms with Gasteiger partial charge < -0.3 is 10.9 Å². The van der Waals surface area contributed by atoms with Gasteiger partial charge in [-0.2, -0.15) is 5.10 Å². The van der Waals surface area contributed by atoms with Gasteiger partial charge in [0.05, 0.1) is 5.69 Å². The van der Waals surface area contributed by atoms with Gasteiger partial charge in [0.1, 0.15) is 6.34 Å². The Morgan fingerprint density at radius 3 is 2.93 bits per heavy atom. The van der Waals surface area contributed by atoms with Gasteiger partial charge in [0.15, 0.2) is 0 Å². The molecule has 0 aliphatic rings. The Morgan fingerprint density at radius 1 is 1.50 bits per heavy atom. The zero-order valence-corrected chi connectivity index (χ0v) is 7.80. The van der Waals surface area contributed by atoms with Crippen LogP contribution in [0.5, 0.6) is 0 Å². The molecule has 0 aliphatic carbocycles. The first-order valence-electron chi connectivity index (χ1n) is 4.25. The lowest BCUT2D eigenvalue weighted by atomic mass is 10.1. The summed E-state index contributed by atoms with van der Waals surface area (Å²) in [6.45, 7) is 0.124. The minimum absolute atomic E-state index is 0.124. The summed E-state index contributed by atoms with van der Waals surface area (Å²) in [6.07, 6.45) is 1.93. The molecular weight excluding hydrogens is 180 g/mol. The zero-order valence-electron chi connectivity index (χ0n) is 7.80. The number of hydrazine groups is 1. The molecule has 0 saturated carbocycles. The van der Waals surface area contributed by atoms with Crippen molar-refractivity contribution in [1.82, 2.24) is 0 Å². The van der Waals surface area contributed by atoms with Gasteiger partial charge in [-0.25, -0.2) is 5.84 Å². The van der Waals surface area contributed by atoms with Crippen LogP contribution in [0.1, 0.15) is 5.56 Å². The second-order valence-corrected chi connectivity index (χ2v) is 2.82. The Hall–Kier alpha value is -1.59. The molecule has 5 heteroatoms. The Morgan fingerprint density at radius 2 is 2.29 bits per heavy atom. The molecule has 76 valence electrons. The van der Waals surface area contributed by atoms with Crippen LogP contribution in [-0.4, -0.2) is 18.1 Å². The maximum atomic E-state index is 8.76. The second-order valence-electron chi connectivity index (χ2n) is 2.82. The van der Waals surface area contributed by atoms with Crippen molar-refractivity contribution in [2.24, 2.45) is 16.8 Å². The molecule has 0 bridgehead atoms. The van der Waals surface area contributed by atoms with Gasteiger partial charge in [0.25, 0.3) is 0 Å². The summed E-state index contributed by atoms with van der Waals surface area (Å²) in [6, 6.07) is 7.50. The van der Waals surface area contributed by atoms with Crippen LogP contribution in [-0.2, 0) is 6.42 Å². The summed E-state index contributed by atoms with van der Waals surface area (Å²) >= 11 is 0. The minimum Gasteiger partial charge on any atom is -0.396 e.